The van der Waals surface area contributed by atoms with Gasteiger partial charge in [0, 0.05) is 5.56 Å². The Hall–Kier alpha value is -0.540. The van der Waals surface area contributed by atoms with Gasteiger partial charge >= 0.3 is 0 Å². The van der Waals surface area contributed by atoms with E-state index in [1.54, 1.807) is 0 Å². The number of fused-ring (bicyclic) bond motifs is 1. The second-order valence-electron chi connectivity index (χ2n) is 3.25. The van der Waals surface area contributed by atoms with Crippen molar-refractivity contribution in [3.05, 3.63) is 28.2 Å². The van der Waals surface area contributed by atoms with Gasteiger partial charge in [0.2, 0.25) is 0 Å². The molecule has 0 aromatic heterocycles. The van der Waals surface area contributed by atoms with Crippen molar-refractivity contribution in [3.63, 3.8) is 0 Å². The van der Waals surface area contributed by atoms with Gasteiger partial charge in [0.1, 0.15) is 11.9 Å². The molecule has 1 aromatic carbocycles. The minimum absolute atomic E-state index is 0.207. The third kappa shape index (κ3) is 1.36. The number of nitrogens with one attached hydrogen (secondary N) is 1. The maximum Gasteiger partial charge on any atom is 0.138 e. The summed E-state index contributed by atoms with van der Waals surface area (Å²) in [6, 6.07) is 6.45. The quantitative estimate of drug-likeness (QED) is 0.816. The van der Waals surface area contributed by atoms with Gasteiger partial charge in [0.15, 0.2) is 0 Å². The van der Waals surface area contributed by atoms with Crippen molar-refractivity contribution >= 4 is 15.9 Å². The topological polar surface area (TPSA) is 21.3 Å². The molecule has 3 heteroatoms. The molecule has 70 valence electrons. The fraction of sp³-hybridized carbons (Fsp3) is 0.400. The van der Waals surface area contributed by atoms with Crippen LogP contribution in [-0.2, 0) is 0 Å². The second-order valence-corrected chi connectivity index (χ2v) is 4.10. The van der Waals surface area contributed by atoms with Crippen LogP contribution in [-0.4, -0.2) is 13.2 Å². The Morgan fingerprint density at radius 3 is 2.92 bits per heavy atom. The molecule has 2 rings (SSSR count). The highest BCUT2D eigenvalue weighted by atomic mass is 79.9. The van der Waals surface area contributed by atoms with Gasteiger partial charge in [-0.05, 0) is 36.0 Å². The predicted octanol–water partition coefficient (Wildman–Crippen LogP) is 2.49. The monoisotopic (exact) mass is 241 g/mol. The lowest BCUT2D eigenvalue weighted by Gasteiger charge is -2.12. The van der Waals surface area contributed by atoms with Crippen molar-refractivity contribution in [1.82, 2.24) is 5.32 Å². The number of halogens is 1. The van der Waals surface area contributed by atoms with Gasteiger partial charge in [-0.15, -0.1) is 0 Å². The van der Waals surface area contributed by atoms with Crippen molar-refractivity contribution in [1.29, 1.82) is 0 Å². The molecule has 2 nitrogen and oxygen atoms in total. The standard InChI is InChI=1S/C10H12BrNO/c1-6-9(12-2)7-4-3-5-8(11)10(7)13-6/h3-6,9,12H,1-2H3. The minimum Gasteiger partial charge on any atom is -0.487 e. The highest BCUT2D eigenvalue weighted by Gasteiger charge is 2.30. The van der Waals surface area contributed by atoms with Crippen molar-refractivity contribution in [2.75, 3.05) is 7.05 Å². The van der Waals surface area contributed by atoms with Crippen LogP contribution in [0, 0.1) is 0 Å². The molecule has 0 amide bonds. The number of rotatable bonds is 1. The first-order chi connectivity index (χ1) is 6.24. The van der Waals surface area contributed by atoms with Crippen LogP contribution in [0.5, 0.6) is 5.75 Å². The summed E-state index contributed by atoms with van der Waals surface area (Å²) in [6.07, 6.45) is 0.207. The molecule has 0 saturated carbocycles. The van der Waals surface area contributed by atoms with E-state index in [1.807, 2.05) is 19.2 Å². The average Bonchev–Trinajstić information content (AvgIpc) is 2.43. The Kier molecular flexibility index (Phi) is 2.30. The van der Waals surface area contributed by atoms with E-state index in [-0.39, 0.29) is 6.10 Å². The van der Waals surface area contributed by atoms with E-state index in [4.69, 9.17) is 4.74 Å². The molecule has 0 radical (unpaired) electrons. The summed E-state index contributed by atoms with van der Waals surface area (Å²) in [6.45, 7) is 2.08. The maximum atomic E-state index is 5.73. The average molecular weight is 242 g/mol. The summed E-state index contributed by atoms with van der Waals surface area (Å²) in [4.78, 5) is 0. The van der Waals surface area contributed by atoms with Crippen molar-refractivity contribution < 1.29 is 4.74 Å². The zero-order valence-electron chi connectivity index (χ0n) is 7.67. The fourth-order valence-corrected chi connectivity index (χ4v) is 2.27. The van der Waals surface area contributed by atoms with Crippen LogP contribution >= 0.6 is 15.9 Å². The SMILES string of the molecule is CNC1c2cccc(Br)c2OC1C. The molecule has 0 saturated heterocycles. The Bertz CT molecular complexity index is 327. The molecule has 1 aliphatic rings. The van der Waals surface area contributed by atoms with Crippen molar-refractivity contribution in [2.24, 2.45) is 0 Å². The van der Waals surface area contributed by atoms with Crippen LogP contribution in [0.3, 0.4) is 0 Å². The van der Waals surface area contributed by atoms with E-state index in [0.29, 0.717) is 6.04 Å². The fourth-order valence-electron chi connectivity index (χ4n) is 1.79. The highest BCUT2D eigenvalue weighted by Crippen LogP contribution is 2.41. The van der Waals surface area contributed by atoms with E-state index >= 15 is 0 Å². The van der Waals surface area contributed by atoms with E-state index in [1.165, 1.54) is 5.56 Å². The zero-order valence-corrected chi connectivity index (χ0v) is 9.26. The Balaban J connectivity index is 2.48. The number of para-hydroxylation sites is 1. The summed E-state index contributed by atoms with van der Waals surface area (Å²) in [5.41, 5.74) is 1.24. The van der Waals surface area contributed by atoms with E-state index in [9.17, 15) is 0 Å². The third-order valence-corrected chi connectivity index (χ3v) is 3.04. The van der Waals surface area contributed by atoms with Gasteiger partial charge in [-0.2, -0.15) is 0 Å². The molecule has 1 aliphatic heterocycles. The van der Waals surface area contributed by atoms with Crippen LogP contribution in [0.2, 0.25) is 0 Å². The molecule has 1 N–H and O–H groups in total. The van der Waals surface area contributed by atoms with Gasteiger partial charge in [-0.3, -0.25) is 0 Å². The van der Waals surface area contributed by atoms with E-state index in [0.717, 1.165) is 10.2 Å². The summed E-state index contributed by atoms with van der Waals surface area (Å²) >= 11 is 3.48. The normalized spacial score (nSPS) is 25.5. The predicted molar refractivity (Wildman–Crippen MR) is 56.0 cm³/mol. The first-order valence-corrected chi connectivity index (χ1v) is 5.15. The lowest BCUT2D eigenvalue weighted by Crippen LogP contribution is -2.25. The third-order valence-electron chi connectivity index (χ3n) is 2.42. The second kappa shape index (κ2) is 3.31. The molecule has 2 atom stereocenters. The number of hydrogen-bond donors (Lipinski definition) is 1. The van der Waals surface area contributed by atoms with Crippen molar-refractivity contribution in [2.45, 2.75) is 19.1 Å². The number of hydrogen-bond acceptors (Lipinski definition) is 2. The molecule has 2 unspecified atom stereocenters. The van der Waals surface area contributed by atoms with Gasteiger partial charge in [0.05, 0.1) is 10.5 Å². The van der Waals surface area contributed by atoms with Crippen molar-refractivity contribution in [3.8, 4) is 5.75 Å². The first kappa shape index (κ1) is 9.03. The lowest BCUT2D eigenvalue weighted by molar-refractivity contribution is 0.213. The smallest absolute Gasteiger partial charge is 0.138 e. The summed E-state index contributed by atoms with van der Waals surface area (Å²) in [7, 11) is 1.96. The summed E-state index contributed by atoms with van der Waals surface area (Å²) < 4.78 is 6.77. The number of ether oxygens (including phenoxy) is 1. The lowest BCUT2D eigenvalue weighted by atomic mass is 10.1. The van der Waals surface area contributed by atoms with Crippen LogP contribution in [0.15, 0.2) is 22.7 Å². The van der Waals surface area contributed by atoms with Crippen LogP contribution < -0.4 is 10.1 Å². The molecule has 1 aromatic rings. The summed E-state index contributed by atoms with van der Waals surface area (Å²) in [5, 5.41) is 3.25. The van der Waals surface area contributed by atoms with E-state index < -0.39 is 0 Å². The number of benzene rings is 1. The van der Waals surface area contributed by atoms with Gasteiger partial charge < -0.3 is 10.1 Å². The molecule has 0 aliphatic carbocycles. The summed E-state index contributed by atoms with van der Waals surface area (Å²) in [5.74, 6) is 0.981. The molecule has 13 heavy (non-hydrogen) atoms. The van der Waals surface area contributed by atoms with Crippen LogP contribution in [0.25, 0.3) is 0 Å². The Labute approximate surface area is 86.4 Å². The first-order valence-electron chi connectivity index (χ1n) is 4.36. The molecule has 0 bridgehead atoms. The van der Waals surface area contributed by atoms with Crippen LogP contribution in [0.1, 0.15) is 18.5 Å². The molecule has 1 heterocycles. The largest absolute Gasteiger partial charge is 0.487 e. The van der Waals surface area contributed by atoms with Crippen LogP contribution in [0.4, 0.5) is 0 Å². The minimum atomic E-state index is 0.207. The Morgan fingerprint density at radius 1 is 1.46 bits per heavy atom. The van der Waals surface area contributed by atoms with E-state index in [2.05, 4.69) is 34.2 Å². The molecular weight excluding hydrogens is 230 g/mol. The van der Waals surface area contributed by atoms with Gasteiger partial charge in [-0.1, -0.05) is 12.1 Å². The highest BCUT2D eigenvalue weighted by molar-refractivity contribution is 9.10. The maximum absolute atomic E-state index is 5.73. The molecule has 0 fully saturated rings. The number of likely N-dealkylation sites (N-methyl/N-ethyl adjacent to an activating group) is 1. The van der Waals surface area contributed by atoms with Gasteiger partial charge in [-0.25, -0.2) is 0 Å². The zero-order chi connectivity index (χ0) is 9.42. The Morgan fingerprint density at radius 2 is 2.23 bits per heavy atom. The van der Waals surface area contributed by atoms with Gasteiger partial charge in [0.25, 0.3) is 0 Å². The molecular formula is C10H12BrNO. The molecule has 0 spiro atoms.